The van der Waals surface area contributed by atoms with Gasteiger partial charge in [0.1, 0.15) is 15.7 Å². The Morgan fingerprint density at radius 2 is 2.11 bits per heavy atom. The van der Waals surface area contributed by atoms with Gasteiger partial charge >= 0.3 is 0 Å². The molecule has 0 aliphatic heterocycles. The van der Waals surface area contributed by atoms with E-state index in [1.807, 2.05) is 13.1 Å². The summed E-state index contributed by atoms with van der Waals surface area (Å²) in [5.41, 5.74) is 0.925. The van der Waals surface area contributed by atoms with Crippen molar-refractivity contribution in [1.29, 1.82) is 0 Å². The van der Waals surface area contributed by atoms with E-state index in [1.54, 1.807) is 6.07 Å². The smallest absolute Gasteiger partial charge is 0.147 e. The second kappa shape index (κ2) is 6.85. The van der Waals surface area contributed by atoms with Crippen LogP contribution in [0.1, 0.15) is 18.4 Å². The fraction of sp³-hybridized carbons (Fsp3) is 0.538. The van der Waals surface area contributed by atoms with Crippen LogP contribution in [0.5, 0.6) is 0 Å². The topological polar surface area (TPSA) is 46.2 Å². The van der Waals surface area contributed by atoms with Gasteiger partial charge in [-0.05, 0) is 44.0 Å². The lowest BCUT2D eigenvalue weighted by Crippen LogP contribution is -2.28. The first-order chi connectivity index (χ1) is 8.40. The minimum Gasteiger partial charge on any atom is -0.317 e. The van der Waals surface area contributed by atoms with Crippen LogP contribution in [0.25, 0.3) is 0 Å². The van der Waals surface area contributed by atoms with E-state index < -0.39 is 9.84 Å². The second-order valence-electron chi connectivity index (χ2n) is 4.59. The summed E-state index contributed by atoms with van der Waals surface area (Å²) in [6, 6.07) is 6.67. The van der Waals surface area contributed by atoms with Crippen LogP contribution >= 0.6 is 0 Å². The molecule has 0 aliphatic carbocycles. The first kappa shape index (κ1) is 15.1. The molecule has 1 rings (SSSR count). The Bertz CT molecular complexity index is 474. The van der Waals surface area contributed by atoms with Gasteiger partial charge in [0.05, 0.1) is 0 Å². The molecule has 102 valence electrons. The molecule has 0 aromatic heterocycles. The Hall–Kier alpha value is -0.940. The zero-order chi connectivity index (χ0) is 13.6. The van der Waals surface area contributed by atoms with Crippen LogP contribution in [0.4, 0.5) is 4.39 Å². The average Bonchev–Trinajstić information content (AvgIpc) is 2.26. The molecule has 1 atom stereocenters. The quantitative estimate of drug-likeness (QED) is 0.823. The summed E-state index contributed by atoms with van der Waals surface area (Å²) in [7, 11) is -1.06. The van der Waals surface area contributed by atoms with Crippen molar-refractivity contribution in [3.63, 3.8) is 0 Å². The molecule has 0 bridgehead atoms. The lowest BCUT2D eigenvalue weighted by molar-refractivity contribution is 0.509. The van der Waals surface area contributed by atoms with Crippen LogP contribution in [-0.2, 0) is 16.3 Å². The molecule has 5 heteroatoms. The molecule has 0 aliphatic rings. The predicted octanol–water partition coefficient (Wildman–Crippen LogP) is 1.78. The lowest BCUT2D eigenvalue weighted by Gasteiger charge is -2.16. The molecule has 0 fully saturated rings. The van der Waals surface area contributed by atoms with Crippen molar-refractivity contribution in [3.05, 3.63) is 35.6 Å². The molecule has 1 unspecified atom stereocenters. The van der Waals surface area contributed by atoms with Crippen LogP contribution in [0, 0.1) is 5.82 Å². The minimum atomic E-state index is -2.90. The Labute approximate surface area is 108 Å². The maximum Gasteiger partial charge on any atom is 0.147 e. The Balaban J connectivity index is 2.47. The summed E-state index contributed by atoms with van der Waals surface area (Å²) in [4.78, 5) is 0. The third-order valence-electron chi connectivity index (χ3n) is 2.85. The summed E-state index contributed by atoms with van der Waals surface area (Å²) < 4.78 is 35.1. The Morgan fingerprint density at radius 3 is 2.67 bits per heavy atom. The normalized spacial score (nSPS) is 13.5. The summed E-state index contributed by atoms with van der Waals surface area (Å²) >= 11 is 0. The largest absolute Gasteiger partial charge is 0.317 e. The van der Waals surface area contributed by atoms with Crippen molar-refractivity contribution in [2.45, 2.75) is 25.3 Å². The minimum absolute atomic E-state index is 0.175. The van der Waals surface area contributed by atoms with Gasteiger partial charge < -0.3 is 5.32 Å². The molecule has 0 saturated heterocycles. The van der Waals surface area contributed by atoms with Crippen LogP contribution in [0.3, 0.4) is 0 Å². The maximum absolute atomic E-state index is 13.0. The van der Waals surface area contributed by atoms with Crippen LogP contribution in [0.2, 0.25) is 0 Å². The summed E-state index contributed by atoms with van der Waals surface area (Å²) in [5, 5.41) is 3.14. The lowest BCUT2D eigenvalue weighted by atomic mass is 10.0. The monoisotopic (exact) mass is 273 g/mol. The van der Waals surface area contributed by atoms with Crippen molar-refractivity contribution >= 4 is 9.84 Å². The summed E-state index contributed by atoms with van der Waals surface area (Å²) in [6.07, 6.45) is 3.34. The van der Waals surface area contributed by atoms with Gasteiger partial charge in [0.15, 0.2) is 0 Å². The summed E-state index contributed by atoms with van der Waals surface area (Å²) in [5.74, 6) is -0.0348. The molecule has 0 amide bonds. The van der Waals surface area contributed by atoms with E-state index in [9.17, 15) is 12.8 Å². The van der Waals surface area contributed by atoms with Gasteiger partial charge in [-0.2, -0.15) is 0 Å². The van der Waals surface area contributed by atoms with E-state index in [0.29, 0.717) is 12.8 Å². The highest BCUT2D eigenvalue weighted by Gasteiger charge is 2.10. The van der Waals surface area contributed by atoms with Gasteiger partial charge in [-0.25, -0.2) is 12.8 Å². The van der Waals surface area contributed by atoms with Gasteiger partial charge in [0, 0.05) is 18.1 Å². The first-order valence-electron chi connectivity index (χ1n) is 6.00. The van der Waals surface area contributed by atoms with Crippen LogP contribution in [-0.4, -0.2) is 33.5 Å². The fourth-order valence-electron chi connectivity index (χ4n) is 1.89. The molecular weight excluding hydrogens is 253 g/mol. The second-order valence-corrected chi connectivity index (χ2v) is 6.85. The fourth-order valence-corrected chi connectivity index (χ4v) is 2.58. The molecule has 1 aromatic rings. The number of benzene rings is 1. The van der Waals surface area contributed by atoms with Gasteiger partial charge in [0.2, 0.25) is 0 Å². The zero-order valence-electron chi connectivity index (χ0n) is 10.8. The van der Waals surface area contributed by atoms with Crippen LogP contribution in [0.15, 0.2) is 24.3 Å². The highest BCUT2D eigenvalue weighted by atomic mass is 32.2. The molecular formula is C13H20FNO2S. The number of hydrogen-bond donors (Lipinski definition) is 1. The van der Waals surface area contributed by atoms with E-state index in [2.05, 4.69) is 5.32 Å². The van der Waals surface area contributed by atoms with Gasteiger partial charge in [0.25, 0.3) is 0 Å². The number of sulfone groups is 1. The van der Waals surface area contributed by atoms with Gasteiger partial charge in [-0.15, -0.1) is 0 Å². The average molecular weight is 273 g/mol. The third kappa shape index (κ3) is 6.12. The van der Waals surface area contributed by atoms with Crippen molar-refractivity contribution in [2.75, 3.05) is 19.1 Å². The Kier molecular flexibility index (Phi) is 5.75. The zero-order valence-corrected chi connectivity index (χ0v) is 11.6. The van der Waals surface area contributed by atoms with Crippen molar-refractivity contribution in [2.24, 2.45) is 0 Å². The predicted molar refractivity (Wildman–Crippen MR) is 71.9 cm³/mol. The SMILES string of the molecule is CNC(CCCS(C)(=O)=O)Cc1cccc(F)c1. The van der Waals surface area contributed by atoms with E-state index in [4.69, 9.17) is 0 Å². The highest BCUT2D eigenvalue weighted by molar-refractivity contribution is 7.90. The summed E-state index contributed by atoms with van der Waals surface area (Å²) in [6.45, 7) is 0. The molecule has 0 saturated carbocycles. The number of likely N-dealkylation sites (N-methyl/N-ethyl adjacent to an activating group) is 1. The standard InChI is InChI=1S/C13H20FNO2S/c1-15-13(7-4-8-18(2,16)17)10-11-5-3-6-12(14)9-11/h3,5-6,9,13,15H,4,7-8,10H2,1-2H3. The van der Waals surface area contributed by atoms with Gasteiger partial charge in [-0.3, -0.25) is 0 Å². The van der Waals surface area contributed by atoms with Crippen molar-refractivity contribution < 1.29 is 12.8 Å². The first-order valence-corrected chi connectivity index (χ1v) is 8.06. The molecule has 1 aromatic carbocycles. The molecule has 0 radical (unpaired) electrons. The number of rotatable bonds is 7. The maximum atomic E-state index is 13.0. The van der Waals surface area contributed by atoms with E-state index in [-0.39, 0.29) is 17.6 Å². The molecule has 3 nitrogen and oxygen atoms in total. The number of nitrogens with one attached hydrogen (secondary N) is 1. The van der Waals surface area contributed by atoms with Crippen molar-refractivity contribution in [3.8, 4) is 0 Å². The van der Waals surface area contributed by atoms with Crippen LogP contribution < -0.4 is 5.32 Å². The number of hydrogen-bond acceptors (Lipinski definition) is 3. The molecule has 18 heavy (non-hydrogen) atoms. The molecule has 0 heterocycles. The van der Waals surface area contributed by atoms with E-state index >= 15 is 0 Å². The van der Waals surface area contributed by atoms with Crippen molar-refractivity contribution in [1.82, 2.24) is 5.32 Å². The molecule has 1 N–H and O–H groups in total. The van der Waals surface area contributed by atoms with E-state index in [1.165, 1.54) is 18.4 Å². The third-order valence-corrected chi connectivity index (χ3v) is 3.88. The highest BCUT2D eigenvalue weighted by Crippen LogP contribution is 2.10. The Morgan fingerprint density at radius 1 is 1.39 bits per heavy atom. The van der Waals surface area contributed by atoms with Gasteiger partial charge in [-0.1, -0.05) is 12.1 Å². The molecule has 0 spiro atoms. The van der Waals surface area contributed by atoms with E-state index in [0.717, 1.165) is 12.0 Å². The number of halogens is 1.